The van der Waals surface area contributed by atoms with Crippen LogP contribution in [0.15, 0.2) is 22.1 Å². The lowest BCUT2D eigenvalue weighted by atomic mass is 9.98. The SMILES string of the molecule is N[C@H]1CCCO[C@@H]1c1c(F)c2c(NCc3cccs3)nc(Cl)nn2c1Br. The summed E-state index contributed by atoms with van der Waals surface area (Å²) < 4.78 is 23.0. The molecule has 138 valence electrons. The van der Waals surface area contributed by atoms with E-state index in [4.69, 9.17) is 22.1 Å². The molecule has 1 aliphatic heterocycles. The van der Waals surface area contributed by atoms with Gasteiger partial charge in [-0.1, -0.05) is 6.07 Å². The fourth-order valence-corrected chi connectivity index (χ4v) is 4.58. The molecule has 26 heavy (non-hydrogen) atoms. The number of nitrogens with two attached hydrogens (primary N) is 1. The lowest BCUT2D eigenvalue weighted by molar-refractivity contribution is -0.00212. The smallest absolute Gasteiger partial charge is 0.243 e. The third-order valence-corrected chi connectivity index (χ3v) is 6.14. The van der Waals surface area contributed by atoms with E-state index >= 15 is 4.39 Å². The molecule has 0 spiro atoms. The summed E-state index contributed by atoms with van der Waals surface area (Å²) in [5.41, 5.74) is 6.73. The van der Waals surface area contributed by atoms with Gasteiger partial charge in [0.15, 0.2) is 11.6 Å². The Bertz CT molecular complexity index is 935. The summed E-state index contributed by atoms with van der Waals surface area (Å²) in [6.07, 6.45) is 1.10. The number of hydrogen-bond donors (Lipinski definition) is 2. The zero-order valence-electron chi connectivity index (χ0n) is 13.6. The van der Waals surface area contributed by atoms with Crippen LogP contribution in [-0.4, -0.2) is 27.2 Å². The molecule has 3 N–H and O–H groups in total. The Morgan fingerprint density at radius 1 is 1.54 bits per heavy atom. The zero-order chi connectivity index (χ0) is 18.3. The molecule has 0 saturated carbocycles. The highest BCUT2D eigenvalue weighted by molar-refractivity contribution is 9.10. The van der Waals surface area contributed by atoms with Gasteiger partial charge in [-0.05, 0) is 51.8 Å². The van der Waals surface area contributed by atoms with E-state index in [9.17, 15) is 0 Å². The maximum absolute atomic E-state index is 15.4. The molecule has 1 fully saturated rings. The number of fused-ring (bicyclic) bond motifs is 1. The number of anilines is 1. The Hall–Kier alpha value is -1.26. The standard InChI is InChI=1S/C16H16BrClFN5OS/c17-14-10(13-9(20)4-1-5-25-13)11(19)12-15(22-16(18)23-24(12)14)21-7-8-3-2-6-26-8/h2-3,6,9,13H,1,4-5,7,20H2,(H,21,22,23)/t9-,13-/m0/s1. The van der Waals surface area contributed by atoms with Crippen LogP contribution in [0.5, 0.6) is 0 Å². The van der Waals surface area contributed by atoms with Gasteiger partial charge in [0.1, 0.15) is 16.2 Å². The van der Waals surface area contributed by atoms with E-state index in [1.165, 1.54) is 4.52 Å². The molecule has 2 atom stereocenters. The van der Waals surface area contributed by atoms with Gasteiger partial charge in [-0.25, -0.2) is 8.91 Å². The summed E-state index contributed by atoms with van der Waals surface area (Å²) in [6.45, 7) is 1.06. The molecule has 0 amide bonds. The first kappa shape index (κ1) is 18.1. The summed E-state index contributed by atoms with van der Waals surface area (Å²) in [5.74, 6) is -0.128. The third kappa shape index (κ3) is 3.22. The second-order valence-corrected chi connectivity index (χ2v) is 8.16. The minimum atomic E-state index is -0.538. The molecule has 0 bridgehead atoms. The predicted molar refractivity (Wildman–Crippen MR) is 103 cm³/mol. The average Bonchev–Trinajstić information content (AvgIpc) is 3.22. The van der Waals surface area contributed by atoms with Gasteiger partial charge in [0.2, 0.25) is 5.28 Å². The molecule has 10 heteroatoms. The van der Waals surface area contributed by atoms with Crippen LogP contribution >= 0.6 is 38.9 Å². The van der Waals surface area contributed by atoms with Crippen molar-refractivity contribution in [3.05, 3.63) is 43.7 Å². The van der Waals surface area contributed by atoms with Gasteiger partial charge in [0.05, 0.1) is 12.1 Å². The Kier molecular flexibility index (Phi) is 5.15. The Morgan fingerprint density at radius 2 is 2.38 bits per heavy atom. The van der Waals surface area contributed by atoms with E-state index in [-0.39, 0.29) is 16.8 Å². The number of aromatic nitrogens is 3. The number of ether oxygens (including phenoxy) is 1. The van der Waals surface area contributed by atoms with Crippen LogP contribution in [0.2, 0.25) is 5.28 Å². The fourth-order valence-electron chi connectivity index (χ4n) is 3.12. The average molecular weight is 461 g/mol. The minimum Gasteiger partial charge on any atom is -0.372 e. The van der Waals surface area contributed by atoms with Gasteiger partial charge in [-0.3, -0.25) is 0 Å². The van der Waals surface area contributed by atoms with Crippen molar-refractivity contribution in [1.82, 2.24) is 14.6 Å². The van der Waals surface area contributed by atoms with E-state index in [0.717, 1.165) is 17.7 Å². The van der Waals surface area contributed by atoms with Crippen LogP contribution in [0.25, 0.3) is 5.52 Å². The van der Waals surface area contributed by atoms with Crippen molar-refractivity contribution in [3.8, 4) is 0 Å². The molecule has 1 saturated heterocycles. The number of rotatable bonds is 4. The fraction of sp³-hybridized carbons (Fsp3) is 0.375. The molecule has 4 rings (SSSR count). The van der Waals surface area contributed by atoms with Crippen molar-refractivity contribution in [2.45, 2.75) is 31.5 Å². The van der Waals surface area contributed by atoms with Gasteiger partial charge in [-0.2, -0.15) is 4.98 Å². The number of nitrogens with zero attached hydrogens (tertiary/aromatic N) is 3. The van der Waals surface area contributed by atoms with Crippen molar-refractivity contribution in [3.63, 3.8) is 0 Å². The number of thiophene rings is 1. The first-order valence-electron chi connectivity index (χ1n) is 8.13. The molecule has 3 aromatic heterocycles. The second-order valence-electron chi connectivity index (χ2n) is 6.04. The Labute approximate surface area is 166 Å². The lowest BCUT2D eigenvalue weighted by Crippen LogP contribution is -2.34. The van der Waals surface area contributed by atoms with Crippen molar-refractivity contribution in [2.75, 3.05) is 11.9 Å². The number of hydrogen-bond acceptors (Lipinski definition) is 6. The highest BCUT2D eigenvalue weighted by Gasteiger charge is 2.33. The largest absolute Gasteiger partial charge is 0.372 e. The molecule has 1 aliphatic rings. The normalized spacial score (nSPS) is 20.6. The molecular formula is C16H16BrClFN5OS. The van der Waals surface area contributed by atoms with E-state index in [1.807, 2.05) is 17.5 Å². The number of nitrogens with one attached hydrogen (secondary N) is 1. The quantitative estimate of drug-likeness (QED) is 0.612. The lowest BCUT2D eigenvalue weighted by Gasteiger charge is -2.28. The maximum atomic E-state index is 15.4. The first-order valence-corrected chi connectivity index (χ1v) is 10.2. The third-order valence-electron chi connectivity index (χ3n) is 4.34. The van der Waals surface area contributed by atoms with Crippen LogP contribution in [0.3, 0.4) is 0 Å². The van der Waals surface area contributed by atoms with Gasteiger partial charge < -0.3 is 15.8 Å². The van der Waals surface area contributed by atoms with Crippen molar-refractivity contribution >= 4 is 50.2 Å². The predicted octanol–water partition coefficient (Wildman–Crippen LogP) is 4.14. The summed E-state index contributed by atoms with van der Waals surface area (Å²) in [6, 6.07) is 3.67. The number of halogens is 3. The van der Waals surface area contributed by atoms with Gasteiger partial charge >= 0.3 is 0 Å². The molecule has 3 aromatic rings. The highest BCUT2D eigenvalue weighted by atomic mass is 79.9. The monoisotopic (exact) mass is 459 g/mol. The van der Waals surface area contributed by atoms with Gasteiger partial charge in [-0.15, -0.1) is 16.4 Å². The maximum Gasteiger partial charge on any atom is 0.243 e. The highest BCUT2D eigenvalue weighted by Crippen LogP contribution is 2.39. The van der Waals surface area contributed by atoms with E-state index < -0.39 is 11.9 Å². The van der Waals surface area contributed by atoms with Crippen molar-refractivity contribution in [1.29, 1.82) is 0 Å². The Morgan fingerprint density at radius 3 is 3.12 bits per heavy atom. The van der Waals surface area contributed by atoms with E-state index in [0.29, 0.717) is 29.1 Å². The molecular weight excluding hydrogens is 445 g/mol. The minimum absolute atomic E-state index is 0.0160. The van der Waals surface area contributed by atoms with Crippen LogP contribution < -0.4 is 11.1 Å². The van der Waals surface area contributed by atoms with Crippen LogP contribution in [0, 0.1) is 5.82 Å². The summed E-state index contributed by atoms with van der Waals surface area (Å²) in [4.78, 5) is 5.27. The summed E-state index contributed by atoms with van der Waals surface area (Å²) >= 11 is 11.1. The Balaban J connectivity index is 1.79. The van der Waals surface area contributed by atoms with Crippen molar-refractivity contribution < 1.29 is 9.13 Å². The molecule has 0 unspecified atom stereocenters. The molecule has 0 radical (unpaired) electrons. The van der Waals surface area contributed by atoms with Gasteiger partial charge in [0, 0.05) is 17.5 Å². The second kappa shape index (κ2) is 7.40. The van der Waals surface area contributed by atoms with E-state index in [1.54, 1.807) is 11.3 Å². The van der Waals surface area contributed by atoms with Crippen LogP contribution in [0.1, 0.15) is 29.4 Å². The van der Waals surface area contributed by atoms with Gasteiger partial charge in [0.25, 0.3) is 0 Å². The van der Waals surface area contributed by atoms with Crippen LogP contribution in [-0.2, 0) is 11.3 Å². The zero-order valence-corrected chi connectivity index (χ0v) is 16.7. The van der Waals surface area contributed by atoms with Crippen LogP contribution in [0.4, 0.5) is 10.2 Å². The molecule has 0 aliphatic carbocycles. The van der Waals surface area contributed by atoms with Crippen molar-refractivity contribution in [2.24, 2.45) is 5.73 Å². The van der Waals surface area contributed by atoms with E-state index in [2.05, 4.69) is 31.3 Å². The summed E-state index contributed by atoms with van der Waals surface area (Å²) in [7, 11) is 0. The topological polar surface area (TPSA) is 77.5 Å². The molecule has 0 aromatic carbocycles. The summed E-state index contributed by atoms with van der Waals surface area (Å²) in [5, 5.41) is 9.28. The first-order chi connectivity index (χ1) is 12.6. The molecule has 6 nitrogen and oxygen atoms in total. The molecule has 4 heterocycles.